The molecule has 0 aliphatic heterocycles. The molecule has 0 aliphatic rings. The monoisotopic (exact) mass is 347 g/mol. The SMILES string of the molecule is O=C([O-])c1ccc(S(=O)(=O)c2ccc(C(=O)[O-])c(C(=O)[O-])c2)cc1. The Kier molecular flexibility index (Phi) is 4.38. The van der Waals surface area contributed by atoms with Gasteiger partial charge in [-0.25, -0.2) is 8.42 Å². The number of hydrogen-bond donors (Lipinski definition) is 0. The zero-order valence-electron chi connectivity index (χ0n) is 11.7. The summed E-state index contributed by atoms with van der Waals surface area (Å²) in [6.45, 7) is 0. The third kappa shape index (κ3) is 3.10. The van der Waals surface area contributed by atoms with Gasteiger partial charge in [0.25, 0.3) is 0 Å². The lowest BCUT2D eigenvalue weighted by molar-refractivity contribution is -0.259. The molecule has 0 fully saturated rings. The van der Waals surface area contributed by atoms with Crippen LogP contribution in [0.4, 0.5) is 0 Å². The summed E-state index contributed by atoms with van der Waals surface area (Å²) >= 11 is 0. The number of hydrogen-bond acceptors (Lipinski definition) is 8. The average molecular weight is 347 g/mol. The van der Waals surface area contributed by atoms with Crippen molar-refractivity contribution in [3.05, 3.63) is 59.2 Å². The molecule has 0 N–H and O–H groups in total. The third-order valence-corrected chi connectivity index (χ3v) is 4.91. The van der Waals surface area contributed by atoms with Gasteiger partial charge in [-0.05, 0) is 29.8 Å². The van der Waals surface area contributed by atoms with Crippen LogP contribution >= 0.6 is 0 Å². The second-order valence-electron chi connectivity index (χ2n) is 4.60. The van der Waals surface area contributed by atoms with Gasteiger partial charge in [0.1, 0.15) is 0 Å². The molecule has 0 saturated carbocycles. The molecule has 0 unspecified atom stereocenters. The maximum Gasteiger partial charge on any atom is 0.206 e. The quantitative estimate of drug-likeness (QED) is 0.580. The van der Waals surface area contributed by atoms with E-state index in [1.54, 1.807) is 0 Å². The van der Waals surface area contributed by atoms with E-state index in [2.05, 4.69) is 0 Å². The topological polar surface area (TPSA) is 155 Å². The normalized spacial score (nSPS) is 11.0. The largest absolute Gasteiger partial charge is 0.545 e. The van der Waals surface area contributed by atoms with E-state index in [9.17, 15) is 38.1 Å². The Morgan fingerprint density at radius 2 is 1.17 bits per heavy atom. The van der Waals surface area contributed by atoms with Crippen LogP contribution in [0.3, 0.4) is 0 Å². The smallest absolute Gasteiger partial charge is 0.206 e. The lowest BCUT2D eigenvalue weighted by Crippen LogP contribution is -2.30. The molecule has 2 aromatic rings. The molecular weight excluding hydrogens is 340 g/mol. The molecule has 0 aliphatic carbocycles. The van der Waals surface area contributed by atoms with Crippen LogP contribution in [0, 0.1) is 0 Å². The fraction of sp³-hybridized carbons (Fsp3) is 0. The van der Waals surface area contributed by atoms with Crippen molar-refractivity contribution < 1.29 is 38.1 Å². The van der Waals surface area contributed by atoms with Crippen molar-refractivity contribution in [3.63, 3.8) is 0 Å². The Morgan fingerprint density at radius 3 is 1.62 bits per heavy atom. The van der Waals surface area contributed by atoms with Crippen LogP contribution in [0.15, 0.2) is 52.3 Å². The number of rotatable bonds is 5. The van der Waals surface area contributed by atoms with Gasteiger partial charge in [-0.2, -0.15) is 0 Å². The second-order valence-corrected chi connectivity index (χ2v) is 6.55. The van der Waals surface area contributed by atoms with E-state index in [1.807, 2.05) is 0 Å². The van der Waals surface area contributed by atoms with Gasteiger partial charge in [0.05, 0.1) is 27.7 Å². The van der Waals surface area contributed by atoms with E-state index >= 15 is 0 Å². The van der Waals surface area contributed by atoms with Crippen LogP contribution in [-0.4, -0.2) is 26.3 Å². The predicted molar refractivity (Wildman–Crippen MR) is 71.3 cm³/mol. The first-order valence-corrected chi connectivity index (χ1v) is 7.76. The van der Waals surface area contributed by atoms with Crippen molar-refractivity contribution in [2.45, 2.75) is 9.79 Å². The van der Waals surface area contributed by atoms with Gasteiger partial charge in [0.2, 0.25) is 9.84 Å². The Morgan fingerprint density at radius 1 is 0.667 bits per heavy atom. The van der Waals surface area contributed by atoms with E-state index in [0.717, 1.165) is 36.4 Å². The summed E-state index contributed by atoms with van der Waals surface area (Å²) in [7, 11) is -4.20. The Hall–Kier alpha value is -3.20. The lowest BCUT2D eigenvalue weighted by atomic mass is 10.1. The summed E-state index contributed by atoms with van der Waals surface area (Å²) < 4.78 is 24.9. The van der Waals surface area contributed by atoms with Gasteiger partial charge in [0.15, 0.2) is 0 Å². The molecular formula is C15H7O8S-3. The second kappa shape index (κ2) is 6.13. The van der Waals surface area contributed by atoms with E-state index in [0.29, 0.717) is 6.07 Å². The van der Waals surface area contributed by atoms with Gasteiger partial charge in [0, 0.05) is 11.1 Å². The minimum atomic E-state index is -4.20. The minimum Gasteiger partial charge on any atom is -0.545 e. The molecule has 0 amide bonds. The molecule has 0 spiro atoms. The van der Waals surface area contributed by atoms with Crippen molar-refractivity contribution in [2.75, 3.05) is 0 Å². The van der Waals surface area contributed by atoms with Crippen molar-refractivity contribution in [1.82, 2.24) is 0 Å². The number of aromatic carboxylic acids is 3. The molecule has 2 rings (SSSR count). The highest BCUT2D eigenvalue weighted by Gasteiger charge is 2.19. The molecule has 0 aromatic heterocycles. The third-order valence-electron chi connectivity index (χ3n) is 3.14. The molecule has 124 valence electrons. The minimum absolute atomic E-state index is 0.239. The molecule has 0 atom stereocenters. The first-order valence-electron chi connectivity index (χ1n) is 6.28. The first-order chi connectivity index (χ1) is 11.1. The summed E-state index contributed by atoms with van der Waals surface area (Å²) in [5.74, 6) is -5.16. The average Bonchev–Trinajstić information content (AvgIpc) is 2.54. The van der Waals surface area contributed by atoms with Crippen molar-refractivity contribution in [3.8, 4) is 0 Å². The Bertz CT molecular complexity index is 942. The van der Waals surface area contributed by atoms with Gasteiger partial charge >= 0.3 is 0 Å². The molecule has 8 nitrogen and oxygen atoms in total. The van der Waals surface area contributed by atoms with Crippen LogP contribution in [-0.2, 0) is 9.84 Å². The Balaban J connectivity index is 2.57. The highest BCUT2D eigenvalue weighted by atomic mass is 32.2. The van der Waals surface area contributed by atoms with Gasteiger partial charge in [-0.1, -0.05) is 18.2 Å². The highest BCUT2D eigenvalue weighted by Crippen LogP contribution is 2.23. The first kappa shape index (κ1) is 17.2. The van der Waals surface area contributed by atoms with E-state index in [4.69, 9.17) is 0 Å². The van der Waals surface area contributed by atoms with Crippen LogP contribution in [0.1, 0.15) is 31.1 Å². The zero-order chi connectivity index (χ0) is 18.1. The maximum absolute atomic E-state index is 12.4. The molecule has 0 radical (unpaired) electrons. The lowest BCUT2D eigenvalue weighted by Gasteiger charge is -2.13. The molecule has 0 heterocycles. The molecule has 24 heavy (non-hydrogen) atoms. The fourth-order valence-electron chi connectivity index (χ4n) is 1.94. The summed E-state index contributed by atoms with van der Waals surface area (Å²) in [6, 6.07) is 6.36. The van der Waals surface area contributed by atoms with Crippen LogP contribution < -0.4 is 15.3 Å². The molecule has 2 aromatic carbocycles. The van der Waals surface area contributed by atoms with Crippen molar-refractivity contribution in [1.29, 1.82) is 0 Å². The number of carboxylic acid groups (broad SMARTS) is 3. The van der Waals surface area contributed by atoms with Crippen molar-refractivity contribution >= 4 is 27.7 Å². The van der Waals surface area contributed by atoms with Crippen molar-refractivity contribution in [2.24, 2.45) is 0 Å². The number of carboxylic acids is 3. The Labute approximate surface area is 135 Å². The van der Waals surface area contributed by atoms with Crippen LogP contribution in [0.25, 0.3) is 0 Å². The standard InChI is InChI=1S/C15H10O8S/c16-13(17)8-1-3-9(4-2-8)24(22,23)10-5-6-11(14(18)19)12(7-10)15(20)21/h1-7H,(H,16,17)(H,18,19)(H,20,21)/p-3. The summed E-state index contributed by atoms with van der Waals surface area (Å²) in [4.78, 5) is 31.7. The van der Waals surface area contributed by atoms with Crippen LogP contribution in [0.5, 0.6) is 0 Å². The summed E-state index contributed by atoms with van der Waals surface area (Å²) in [5.41, 5.74) is -1.81. The van der Waals surface area contributed by atoms with Gasteiger partial charge in [-0.3, -0.25) is 0 Å². The number of carbonyl (C=O) groups excluding carboxylic acids is 3. The fourth-order valence-corrected chi connectivity index (χ4v) is 3.23. The van der Waals surface area contributed by atoms with E-state index in [-0.39, 0.29) is 10.5 Å². The molecule has 9 heteroatoms. The number of sulfone groups is 1. The number of benzene rings is 2. The summed E-state index contributed by atoms with van der Waals surface area (Å²) in [5, 5.41) is 32.5. The highest BCUT2D eigenvalue weighted by molar-refractivity contribution is 7.91. The van der Waals surface area contributed by atoms with Gasteiger partial charge in [-0.15, -0.1) is 0 Å². The molecule has 0 bridgehead atoms. The van der Waals surface area contributed by atoms with E-state index < -0.39 is 43.8 Å². The van der Waals surface area contributed by atoms with Gasteiger partial charge < -0.3 is 29.7 Å². The summed E-state index contributed by atoms with van der Waals surface area (Å²) in [6.07, 6.45) is 0. The maximum atomic E-state index is 12.4. The van der Waals surface area contributed by atoms with E-state index in [1.165, 1.54) is 0 Å². The predicted octanol–water partition coefficient (Wildman–Crippen LogP) is -2.39. The molecule has 0 saturated heterocycles. The number of carbonyl (C=O) groups is 3. The zero-order valence-corrected chi connectivity index (χ0v) is 12.5. The van der Waals surface area contributed by atoms with Crippen LogP contribution in [0.2, 0.25) is 0 Å².